The number of hydrogen-bond donors (Lipinski definition) is 0. The zero-order chi connectivity index (χ0) is 8.81. The van der Waals surface area contributed by atoms with Crippen molar-refractivity contribution in [3.8, 4) is 0 Å². The van der Waals surface area contributed by atoms with Gasteiger partial charge in [-0.1, -0.05) is 18.1 Å². The molecular weight excluding hydrogens is 146 g/mol. The molecule has 0 unspecified atom stereocenters. The molecule has 0 saturated heterocycles. The Kier molecular flexibility index (Phi) is 4.37. The second kappa shape index (κ2) is 5.36. The highest BCUT2D eigenvalue weighted by atomic mass is 15.0. The highest BCUT2D eigenvalue weighted by Crippen LogP contribution is 2.19. The average molecular weight is 167 g/mol. The molecule has 0 fully saturated rings. The second-order valence-corrected chi connectivity index (χ2v) is 4.01. The summed E-state index contributed by atoms with van der Waals surface area (Å²) >= 11 is 0. The zero-order valence-electron chi connectivity index (χ0n) is 8.47. The fraction of sp³-hybridized carbons (Fsp3) is 0.818. The van der Waals surface area contributed by atoms with Crippen molar-refractivity contribution in [3.05, 3.63) is 11.6 Å². The van der Waals surface area contributed by atoms with E-state index in [1.807, 2.05) is 0 Å². The van der Waals surface area contributed by atoms with E-state index in [4.69, 9.17) is 0 Å². The maximum Gasteiger partial charge on any atom is 0.00125 e. The van der Waals surface area contributed by atoms with Gasteiger partial charge in [0.25, 0.3) is 0 Å². The summed E-state index contributed by atoms with van der Waals surface area (Å²) in [5, 5.41) is 0. The molecule has 0 aromatic rings. The minimum absolute atomic E-state index is 1.21. The van der Waals surface area contributed by atoms with Crippen LogP contribution in [0.15, 0.2) is 11.6 Å². The average Bonchev–Trinajstić information content (AvgIpc) is 2.28. The van der Waals surface area contributed by atoms with Crippen LogP contribution in [0.2, 0.25) is 0 Å². The van der Waals surface area contributed by atoms with Crippen molar-refractivity contribution in [2.75, 3.05) is 20.6 Å². The predicted molar refractivity (Wildman–Crippen MR) is 54.3 cm³/mol. The molecular formula is C11H21N. The van der Waals surface area contributed by atoms with Crippen LogP contribution in [0.25, 0.3) is 0 Å². The van der Waals surface area contributed by atoms with E-state index in [9.17, 15) is 0 Å². The molecule has 70 valence electrons. The third-order valence-electron chi connectivity index (χ3n) is 2.52. The molecule has 1 rings (SSSR count). The van der Waals surface area contributed by atoms with Crippen LogP contribution >= 0.6 is 0 Å². The smallest absolute Gasteiger partial charge is 0.00125 e. The molecule has 0 bridgehead atoms. The van der Waals surface area contributed by atoms with Crippen LogP contribution in [0.3, 0.4) is 0 Å². The minimum atomic E-state index is 1.21. The Morgan fingerprint density at radius 3 is 2.83 bits per heavy atom. The molecule has 0 amide bonds. The van der Waals surface area contributed by atoms with Gasteiger partial charge in [0.15, 0.2) is 0 Å². The molecule has 0 radical (unpaired) electrons. The molecule has 1 heteroatoms. The summed E-state index contributed by atoms with van der Waals surface area (Å²) in [6.07, 6.45) is 10.7. The lowest BCUT2D eigenvalue weighted by molar-refractivity contribution is 0.410. The molecule has 0 aromatic heterocycles. The maximum atomic E-state index is 2.47. The Hall–Kier alpha value is -0.300. The van der Waals surface area contributed by atoms with Crippen LogP contribution in [0.1, 0.15) is 38.5 Å². The number of hydrogen-bond acceptors (Lipinski definition) is 1. The largest absolute Gasteiger partial charge is 0.309 e. The third kappa shape index (κ3) is 3.91. The minimum Gasteiger partial charge on any atom is -0.309 e. The van der Waals surface area contributed by atoms with Gasteiger partial charge < -0.3 is 4.90 Å². The summed E-state index contributed by atoms with van der Waals surface area (Å²) in [7, 11) is 4.30. The monoisotopic (exact) mass is 167 g/mol. The van der Waals surface area contributed by atoms with E-state index >= 15 is 0 Å². The summed E-state index contributed by atoms with van der Waals surface area (Å²) in [6, 6.07) is 0. The molecule has 0 spiro atoms. The molecule has 0 N–H and O–H groups in total. The number of allylic oxidation sites excluding steroid dienone is 1. The van der Waals surface area contributed by atoms with E-state index in [1.165, 1.54) is 45.1 Å². The first kappa shape index (κ1) is 9.79. The first-order chi connectivity index (χ1) is 5.79. The van der Waals surface area contributed by atoms with Gasteiger partial charge in [0.05, 0.1) is 0 Å². The van der Waals surface area contributed by atoms with E-state index in [-0.39, 0.29) is 0 Å². The van der Waals surface area contributed by atoms with Crippen molar-refractivity contribution in [1.29, 1.82) is 0 Å². The van der Waals surface area contributed by atoms with Gasteiger partial charge >= 0.3 is 0 Å². The standard InChI is InChI=1S/C11H21N/c1-12(2)10-9-11-7-5-3-4-6-8-11/h7H,3-6,8-10H2,1-2H3. The van der Waals surface area contributed by atoms with Crippen LogP contribution in [0, 0.1) is 0 Å². The Labute approximate surface area is 76.5 Å². The van der Waals surface area contributed by atoms with Crippen LogP contribution in [-0.4, -0.2) is 25.5 Å². The summed E-state index contributed by atoms with van der Waals surface area (Å²) < 4.78 is 0. The third-order valence-corrected chi connectivity index (χ3v) is 2.52. The van der Waals surface area contributed by atoms with Crippen molar-refractivity contribution in [2.45, 2.75) is 38.5 Å². The molecule has 0 aliphatic heterocycles. The van der Waals surface area contributed by atoms with Crippen molar-refractivity contribution >= 4 is 0 Å². The second-order valence-electron chi connectivity index (χ2n) is 4.01. The van der Waals surface area contributed by atoms with Gasteiger partial charge in [-0.15, -0.1) is 0 Å². The number of nitrogens with zero attached hydrogens (tertiary/aromatic N) is 1. The molecule has 0 aromatic carbocycles. The SMILES string of the molecule is CN(C)CCC1=CCCCCC1. The Morgan fingerprint density at radius 1 is 1.25 bits per heavy atom. The lowest BCUT2D eigenvalue weighted by Gasteiger charge is -2.10. The van der Waals surface area contributed by atoms with E-state index in [0.29, 0.717) is 0 Å². The highest BCUT2D eigenvalue weighted by Gasteiger charge is 2.02. The molecule has 1 aliphatic rings. The summed E-state index contributed by atoms with van der Waals surface area (Å²) in [5.41, 5.74) is 1.70. The summed E-state index contributed by atoms with van der Waals surface area (Å²) in [6.45, 7) is 1.21. The van der Waals surface area contributed by atoms with E-state index in [2.05, 4.69) is 25.1 Å². The Balaban J connectivity index is 2.24. The van der Waals surface area contributed by atoms with Crippen molar-refractivity contribution in [3.63, 3.8) is 0 Å². The van der Waals surface area contributed by atoms with Gasteiger partial charge in [0, 0.05) is 6.54 Å². The first-order valence-corrected chi connectivity index (χ1v) is 5.11. The van der Waals surface area contributed by atoms with Gasteiger partial charge in [-0.05, 0) is 46.2 Å². The van der Waals surface area contributed by atoms with Gasteiger partial charge in [0.2, 0.25) is 0 Å². The van der Waals surface area contributed by atoms with E-state index < -0.39 is 0 Å². The fourth-order valence-electron chi connectivity index (χ4n) is 1.68. The van der Waals surface area contributed by atoms with Crippen LogP contribution < -0.4 is 0 Å². The zero-order valence-corrected chi connectivity index (χ0v) is 8.47. The molecule has 1 aliphatic carbocycles. The quantitative estimate of drug-likeness (QED) is 0.584. The highest BCUT2D eigenvalue weighted by molar-refractivity contribution is 5.03. The molecule has 0 heterocycles. The van der Waals surface area contributed by atoms with Crippen LogP contribution in [-0.2, 0) is 0 Å². The lowest BCUT2D eigenvalue weighted by Crippen LogP contribution is -2.13. The summed E-state index contributed by atoms with van der Waals surface area (Å²) in [4.78, 5) is 2.27. The number of rotatable bonds is 3. The van der Waals surface area contributed by atoms with Gasteiger partial charge in [-0.2, -0.15) is 0 Å². The van der Waals surface area contributed by atoms with Crippen molar-refractivity contribution < 1.29 is 0 Å². The molecule has 1 nitrogen and oxygen atoms in total. The van der Waals surface area contributed by atoms with Crippen LogP contribution in [0.5, 0.6) is 0 Å². The Bertz CT molecular complexity index is 147. The molecule has 0 saturated carbocycles. The lowest BCUT2D eigenvalue weighted by atomic mass is 10.1. The van der Waals surface area contributed by atoms with Gasteiger partial charge in [0.1, 0.15) is 0 Å². The Morgan fingerprint density at radius 2 is 2.08 bits per heavy atom. The predicted octanol–water partition coefficient (Wildman–Crippen LogP) is 2.83. The topological polar surface area (TPSA) is 3.24 Å². The van der Waals surface area contributed by atoms with Crippen molar-refractivity contribution in [2.24, 2.45) is 0 Å². The van der Waals surface area contributed by atoms with E-state index in [0.717, 1.165) is 0 Å². The van der Waals surface area contributed by atoms with Crippen molar-refractivity contribution in [1.82, 2.24) is 4.90 Å². The molecule has 0 atom stereocenters. The maximum absolute atomic E-state index is 2.47. The summed E-state index contributed by atoms with van der Waals surface area (Å²) in [5.74, 6) is 0. The van der Waals surface area contributed by atoms with Gasteiger partial charge in [-0.3, -0.25) is 0 Å². The van der Waals surface area contributed by atoms with Gasteiger partial charge in [-0.25, -0.2) is 0 Å². The first-order valence-electron chi connectivity index (χ1n) is 5.11. The fourth-order valence-corrected chi connectivity index (χ4v) is 1.68. The molecule has 12 heavy (non-hydrogen) atoms. The normalized spacial score (nSPS) is 19.1. The van der Waals surface area contributed by atoms with E-state index in [1.54, 1.807) is 5.57 Å². The van der Waals surface area contributed by atoms with Crippen LogP contribution in [0.4, 0.5) is 0 Å².